The lowest BCUT2D eigenvalue weighted by molar-refractivity contribution is -0.384. The average Bonchev–Trinajstić information content (AvgIpc) is 2.49. The zero-order valence-corrected chi connectivity index (χ0v) is 14.0. The van der Waals surface area contributed by atoms with E-state index >= 15 is 0 Å². The van der Waals surface area contributed by atoms with Gasteiger partial charge in [0.15, 0.2) is 0 Å². The van der Waals surface area contributed by atoms with Crippen molar-refractivity contribution in [2.45, 2.75) is 0 Å². The molecule has 0 N–H and O–H groups in total. The number of hydrogen-bond donors (Lipinski definition) is 0. The molecule has 2 rings (SSSR count). The van der Waals surface area contributed by atoms with Gasteiger partial charge in [-0.3, -0.25) is 10.1 Å². The number of benzene rings is 2. The SMILES string of the molecule is N#C/C(=C/c1ccc([N+](=O)[O-])cc1Br)c1ccc(Cl)c(Cl)c1. The third-order valence-electron chi connectivity index (χ3n) is 2.85. The molecule has 0 saturated carbocycles. The lowest BCUT2D eigenvalue weighted by Crippen LogP contribution is -1.89. The maximum atomic E-state index is 10.7. The summed E-state index contributed by atoms with van der Waals surface area (Å²) >= 11 is 15.1. The summed E-state index contributed by atoms with van der Waals surface area (Å²) in [7, 11) is 0. The van der Waals surface area contributed by atoms with Crippen molar-refractivity contribution in [3.8, 4) is 6.07 Å². The Labute approximate surface area is 144 Å². The molecule has 0 amide bonds. The monoisotopic (exact) mass is 396 g/mol. The molecule has 0 aromatic heterocycles. The van der Waals surface area contributed by atoms with Crippen molar-refractivity contribution in [1.29, 1.82) is 5.26 Å². The van der Waals surface area contributed by atoms with Crippen molar-refractivity contribution in [3.05, 3.63) is 72.2 Å². The van der Waals surface area contributed by atoms with Crippen LogP contribution in [0.15, 0.2) is 40.9 Å². The summed E-state index contributed by atoms with van der Waals surface area (Å²) < 4.78 is 0.523. The first-order valence-corrected chi connectivity index (χ1v) is 7.48. The van der Waals surface area contributed by atoms with Crippen molar-refractivity contribution >= 4 is 56.5 Å². The van der Waals surface area contributed by atoms with E-state index in [2.05, 4.69) is 22.0 Å². The van der Waals surface area contributed by atoms with Crippen LogP contribution < -0.4 is 0 Å². The van der Waals surface area contributed by atoms with Crippen LogP contribution in [0.5, 0.6) is 0 Å². The molecule has 0 bridgehead atoms. The molecular weight excluding hydrogens is 391 g/mol. The van der Waals surface area contributed by atoms with Gasteiger partial charge in [0.2, 0.25) is 0 Å². The summed E-state index contributed by atoms with van der Waals surface area (Å²) in [6, 6.07) is 11.3. The Balaban J connectivity index is 2.47. The molecule has 0 radical (unpaired) electrons. The Kier molecular flexibility index (Phi) is 5.19. The standard InChI is InChI=1S/C15H7BrCl2N2O2/c16-13-7-12(20(21)22)3-1-10(13)5-11(8-19)9-2-4-14(17)15(18)6-9/h1-7H/b11-5-. The van der Waals surface area contributed by atoms with Gasteiger partial charge in [0.25, 0.3) is 5.69 Å². The Morgan fingerprint density at radius 1 is 1.23 bits per heavy atom. The summed E-state index contributed by atoms with van der Waals surface area (Å²) in [6.45, 7) is 0. The summed E-state index contributed by atoms with van der Waals surface area (Å²) in [5.41, 5.74) is 1.60. The normalized spacial score (nSPS) is 11.1. The maximum absolute atomic E-state index is 10.7. The number of non-ortho nitro benzene ring substituents is 1. The fraction of sp³-hybridized carbons (Fsp3) is 0. The van der Waals surface area contributed by atoms with Gasteiger partial charge in [0, 0.05) is 16.6 Å². The van der Waals surface area contributed by atoms with E-state index in [-0.39, 0.29) is 5.69 Å². The van der Waals surface area contributed by atoms with E-state index in [1.54, 1.807) is 30.3 Å². The van der Waals surface area contributed by atoms with Crippen LogP contribution in [0, 0.1) is 21.4 Å². The van der Waals surface area contributed by atoms with Crippen molar-refractivity contribution in [2.75, 3.05) is 0 Å². The second-order valence-electron chi connectivity index (χ2n) is 4.26. The molecule has 4 nitrogen and oxygen atoms in total. The number of allylic oxidation sites excluding steroid dienone is 1. The Bertz CT molecular complexity index is 829. The first-order valence-electron chi connectivity index (χ1n) is 5.93. The fourth-order valence-electron chi connectivity index (χ4n) is 1.75. The summed E-state index contributed by atoms with van der Waals surface area (Å²) in [6.07, 6.45) is 1.62. The van der Waals surface area contributed by atoms with E-state index in [9.17, 15) is 15.4 Å². The molecule has 2 aromatic carbocycles. The summed E-state index contributed by atoms with van der Waals surface area (Å²) in [5.74, 6) is 0. The van der Waals surface area contributed by atoms with Crippen LogP contribution in [0.25, 0.3) is 11.6 Å². The Hall–Kier alpha value is -1.87. The van der Waals surface area contributed by atoms with E-state index in [1.165, 1.54) is 12.1 Å². The first kappa shape index (κ1) is 16.5. The predicted molar refractivity (Wildman–Crippen MR) is 90.7 cm³/mol. The molecule has 0 aliphatic rings. The van der Waals surface area contributed by atoms with Gasteiger partial charge in [-0.2, -0.15) is 5.26 Å². The molecule has 110 valence electrons. The third-order valence-corrected chi connectivity index (χ3v) is 4.27. The van der Waals surface area contributed by atoms with Crippen LogP contribution in [0.4, 0.5) is 5.69 Å². The van der Waals surface area contributed by atoms with E-state index in [1.807, 2.05) is 0 Å². The molecule has 0 fully saturated rings. The first-order chi connectivity index (χ1) is 10.4. The van der Waals surface area contributed by atoms with Crippen LogP contribution >= 0.6 is 39.1 Å². The minimum atomic E-state index is -0.484. The van der Waals surface area contributed by atoms with E-state index in [4.69, 9.17) is 23.2 Å². The number of nitro benzene ring substituents is 1. The Morgan fingerprint density at radius 3 is 2.50 bits per heavy atom. The highest BCUT2D eigenvalue weighted by Crippen LogP contribution is 2.29. The Morgan fingerprint density at radius 2 is 1.95 bits per heavy atom. The van der Waals surface area contributed by atoms with Crippen molar-refractivity contribution < 1.29 is 4.92 Å². The average molecular weight is 398 g/mol. The highest BCUT2D eigenvalue weighted by molar-refractivity contribution is 9.10. The van der Waals surface area contributed by atoms with Gasteiger partial charge < -0.3 is 0 Å². The zero-order chi connectivity index (χ0) is 16.3. The smallest absolute Gasteiger partial charge is 0.258 e. The molecular formula is C15H7BrCl2N2O2. The summed E-state index contributed by atoms with van der Waals surface area (Å²) in [5, 5.41) is 20.8. The highest BCUT2D eigenvalue weighted by atomic mass is 79.9. The van der Waals surface area contributed by atoms with Gasteiger partial charge in [-0.15, -0.1) is 0 Å². The molecule has 0 spiro atoms. The number of hydrogen-bond acceptors (Lipinski definition) is 3. The lowest BCUT2D eigenvalue weighted by atomic mass is 10.0. The highest BCUT2D eigenvalue weighted by Gasteiger charge is 2.10. The molecule has 0 heterocycles. The molecule has 0 atom stereocenters. The van der Waals surface area contributed by atoms with Crippen molar-refractivity contribution in [3.63, 3.8) is 0 Å². The van der Waals surface area contributed by atoms with Crippen molar-refractivity contribution in [2.24, 2.45) is 0 Å². The molecule has 0 unspecified atom stereocenters. The number of nitrogens with zero attached hydrogens (tertiary/aromatic N) is 2. The molecule has 0 aliphatic carbocycles. The third kappa shape index (κ3) is 3.66. The van der Waals surface area contributed by atoms with Crippen LogP contribution in [-0.4, -0.2) is 4.92 Å². The van der Waals surface area contributed by atoms with E-state index in [0.717, 1.165) is 0 Å². The van der Waals surface area contributed by atoms with Gasteiger partial charge in [0.05, 0.1) is 26.6 Å². The largest absolute Gasteiger partial charge is 0.270 e. The van der Waals surface area contributed by atoms with E-state index < -0.39 is 4.92 Å². The van der Waals surface area contributed by atoms with Crippen LogP contribution in [0.2, 0.25) is 10.0 Å². The number of rotatable bonds is 3. The van der Waals surface area contributed by atoms with Gasteiger partial charge in [0.1, 0.15) is 0 Å². The van der Waals surface area contributed by atoms with Gasteiger partial charge in [-0.05, 0) is 51.3 Å². The van der Waals surface area contributed by atoms with Crippen LogP contribution in [0.1, 0.15) is 11.1 Å². The minimum absolute atomic E-state index is 0.0305. The number of halogens is 3. The molecule has 0 saturated heterocycles. The van der Waals surface area contributed by atoms with Gasteiger partial charge in [-0.25, -0.2) is 0 Å². The topological polar surface area (TPSA) is 66.9 Å². The number of nitro groups is 1. The lowest BCUT2D eigenvalue weighted by Gasteiger charge is -2.04. The zero-order valence-electron chi connectivity index (χ0n) is 10.9. The molecule has 22 heavy (non-hydrogen) atoms. The fourth-order valence-corrected chi connectivity index (χ4v) is 2.53. The van der Waals surface area contributed by atoms with Crippen LogP contribution in [-0.2, 0) is 0 Å². The van der Waals surface area contributed by atoms with E-state index in [0.29, 0.717) is 31.2 Å². The van der Waals surface area contributed by atoms with Crippen LogP contribution in [0.3, 0.4) is 0 Å². The predicted octanol–water partition coefficient (Wildman–Crippen LogP) is 5.73. The summed E-state index contributed by atoms with van der Waals surface area (Å²) in [4.78, 5) is 10.2. The second kappa shape index (κ2) is 6.93. The maximum Gasteiger partial charge on any atom is 0.270 e. The van der Waals surface area contributed by atoms with Crippen molar-refractivity contribution in [1.82, 2.24) is 0 Å². The molecule has 2 aromatic rings. The van der Waals surface area contributed by atoms with Gasteiger partial charge >= 0.3 is 0 Å². The second-order valence-corrected chi connectivity index (χ2v) is 5.93. The molecule has 0 aliphatic heterocycles. The number of nitriles is 1. The minimum Gasteiger partial charge on any atom is -0.258 e. The molecule has 7 heteroatoms. The van der Waals surface area contributed by atoms with Gasteiger partial charge in [-0.1, -0.05) is 29.3 Å². The quantitative estimate of drug-likeness (QED) is 0.287.